The lowest BCUT2D eigenvalue weighted by molar-refractivity contribution is 0.177. The van der Waals surface area contributed by atoms with Crippen LogP contribution >= 0.6 is 0 Å². The zero-order valence-corrected chi connectivity index (χ0v) is 6.15. The van der Waals surface area contributed by atoms with Crippen LogP contribution in [0.1, 0.15) is 19.3 Å². The average molecular weight is 146 g/mol. The van der Waals surface area contributed by atoms with Gasteiger partial charge >= 0.3 is 0 Å². The first-order valence-corrected chi connectivity index (χ1v) is 3.79. The summed E-state index contributed by atoms with van der Waals surface area (Å²) >= 11 is 0. The normalized spacial score (nSPS) is 40.5. The number of halogens is 1. The summed E-state index contributed by atoms with van der Waals surface area (Å²) in [6.07, 6.45) is 2.08. The molecule has 1 aliphatic rings. The smallest absolute Gasteiger partial charge is 0.123 e. The van der Waals surface area contributed by atoms with Crippen LogP contribution in [0.25, 0.3) is 0 Å². The fraction of sp³-hybridized carbons (Fsp3) is 1.00. The van der Waals surface area contributed by atoms with Crippen LogP contribution in [0.15, 0.2) is 0 Å². The number of rotatable bonds is 2. The second-order valence-electron chi connectivity index (χ2n) is 3.20. The summed E-state index contributed by atoms with van der Waals surface area (Å²) in [6.45, 7) is 0.759. The van der Waals surface area contributed by atoms with Gasteiger partial charge in [0.25, 0.3) is 0 Å². The largest absolute Gasteiger partial charge is 0.330 e. The van der Waals surface area contributed by atoms with Crippen LogP contribution in [0.2, 0.25) is 0 Å². The molecule has 4 N–H and O–H groups in total. The van der Waals surface area contributed by atoms with Crippen molar-refractivity contribution in [1.82, 2.24) is 0 Å². The molecular formula is C7H15FN2. The molecule has 1 saturated carbocycles. The maximum absolute atomic E-state index is 13.3. The standard InChI is InChI=1S/C7H15FN2/c8-7(5-10)2-1-6(3-7)4-9/h6H,1-5,9-10H2/t6-,7+/m1/s1. The Balaban J connectivity index is 2.41. The molecule has 2 nitrogen and oxygen atoms in total. The predicted octanol–water partition coefficient (Wildman–Crippen LogP) is 0.412. The Morgan fingerprint density at radius 1 is 1.50 bits per heavy atom. The Morgan fingerprint density at radius 3 is 2.50 bits per heavy atom. The van der Waals surface area contributed by atoms with Gasteiger partial charge in [0.1, 0.15) is 5.67 Å². The van der Waals surface area contributed by atoms with E-state index in [0.29, 0.717) is 25.3 Å². The molecule has 2 atom stereocenters. The maximum Gasteiger partial charge on any atom is 0.123 e. The lowest BCUT2D eigenvalue weighted by Crippen LogP contribution is -2.30. The van der Waals surface area contributed by atoms with Gasteiger partial charge < -0.3 is 11.5 Å². The highest BCUT2D eigenvalue weighted by Crippen LogP contribution is 2.36. The lowest BCUT2D eigenvalue weighted by atomic mass is 10.0. The van der Waals surface area contributed by atoms with Gasteiger partial charge in [-0.15, -0.1) is 0 Å². The highest BCUT2D eigenvalue weighted by Gasteiger charge is 2.37. The topological polar surface area (TPSA) is 52.0 Å². The zero-order chi connectivity index (χ0) is 7.61. The highest BCUT2D eigenvalue weighted by atomic mass is 19.1. The molecule has 0 heterocycles. The summed E-state index contributed by atoms with van der Waals surface area (Å²) in [6, 6.07) is 0. The van der Waals surface area contributed by atoms with Gasteiger partial charge in [0.2, 0.25) is 0 Å². The Morgan fingerprint density at radius 2 is 2.20 bits per heavy atom. The van der Waals surface area contributed by atoms with Crippen molar-refractivity contribution in [3.8, 4) is 0 Å². The first kappa shape index (κ1) is 7.95. The number of alkyl halides is 1. The van der Waals surface area contributed by atoms with E-state index in [1.54, 1.807) is 0 Å². The summed E-state index contributed by atoms with van der Waals surface area (Å²) in [7, 11) is 0. The predicted molar refractivity (Wildman–Crippen MR) is 39.3 cm³/mol. The first-order chi connectivity index (χ1) is 4.70. The summed E-state index contributed by atoms with van der Waals surface area (Å²) in [5.74, 6) is 0.369. The molecule has 1 fully saturated rings. The van der Waals surface area contributed by atoms with E-state index in [1.807, 2.05) is 0 Å². The third-order valence-electron chi connectivity index (χ3n) is 2.35. The molecule has 10 heavy (non-hydrogen) atoms. The molecular weight excluding hydrogens is 131 g/mol. The molecule has 0 aromatic rings. The Labute approximate surface area is 60.8 Å². The SMILES string of the molecule is NC[C@@H]1CC[C@@](F)(CN)C1. The van der Waals surface area contributed by atoms with Crippen molar-refractivity contribution in [2.75, 3.05) is 13.1 Å². The number of hydrogen-bond acceptors (Lipinski definition) is 2. The van der Waals surface area contributed by atoms with Crippen LogP contribution in [-0.4, -0.2) is 18.8 Å². The van der Waals surface area contributed by atoms with Crippen LogP contribution in [-0.2, 0) is 0 Å². The summed E-state index contributed by atoms with van der Waals surface area (Å²) in [5.41, 5.74) is 9.58. The number of nitrogens with two attached hydrogens (primary N) is 2. The van der Waals surface area contributed by atoms with Crippen molar-refractivity contribution >= 4 is 0 Å². The quantitative estimate of drug-likeness (QED) is 0.593. The molecule has 0 saturated heterocycles. The van der Waals surface area contributed by atoms with E-state index in [1.165, 1.54) is 0 Å². The minimum atomic E-state index is -1.09. The number of hydrogen-bond donors (Lipinski definition) is 2. The van der Waals surface area contributed by atoms with Crippen molar-refractivity contribution in [1.29, 1.82) is 0 Å². The van der Waals surface area contributed by atoms with E-state index in [-0.39, 0.29) is 6.54 Å². The first-order valence-electron chi connectivity index (χ1n) is 3.79. The van der Waals surface area contributed by atoms with Gasteiger partial charge in [0.05, 0.1) is 0 Å². The van der Waals surface area contributed by atoms with E-state index >= 15 is 0 Å². The summed E-state index contributed by atoms with van der Waals surface area (Å²) < 4.78 is 13.3. The van der Waals surface area contributed by atoms with Crippen LogP contribution in [0.3, 0.4) is 0 Å². The van der Waals surface area contributed by atoms with E-state index in [4.69, 9.17) is 11.5 Å². The van der Waals surface area contributed by atoms with Crippen molar-refractivity contribution < 1.29 is 4.39 Å². The van der Waals surface area contributed by atoms with Gasteiger partial charge in [-0.05, 0) is 31.7 Å². The summed E-state index contributed by atoms with van der Waals surface area (Å²) in [5, 5.41) is 0. The van der Waals surface area contributed by atoms with Crippen LogP contribution in [0.4, 0.5) is 4.39 Å². The monoisotopic (exact) mass is 146 g/mol. The van der Waals surface area contributed by atoms with Crippen LogP contribution in [0, 0.1) is 5.92 Å². The molecule has 0 unspecified atom stereocenters. The van der Waals surface area contributed by atoms with Gasteiger partial charge in [-0.1, -0.05) is 0 Å². The highest BCUT2D eigenvalue weighted by molar-refractivity contribution is 4.90. The second kappa shape index (κ2) is 2.84. The third-order valence-corrected chi connectivity index (χ3v) is 2.35. The van der Waals surface area contributed by atoms with Gasteiger partial charge in [-0.2, -0.15) is 0 Å². The van der Waals surface area contributed by atoms with Crippen molar-refractivity contribution in [2.45, 2.75) is 24.9 Å². The van der Waals surface area contributed by atoms with Crippen LogP contribution < -0.4 is 11.5 Å². The van der Waals surface area contributed by atoms with E-state index < -0.39 is 5.67 Å². The van der Waals surface area contributed by atoms with Crippen molar-refractivity contribution in [2.24, 2.45) is 17.4 Å². The van der Waals surface area contributed by atoms with E-state index in [9.17, 15) is 4.39 Å². The molecule has 0 amide bonds. The van der Waals surface area contributed by atoms with Crippen molar-refractivity contribution in [3.05, 3.63) is 0 Å². The molecule has 1 rings (SSSR count). The molecule has 0 aliphatic heterocycles. The molecule has 0 spiro atoms. The zero-order valence-electron chi connectivity index (χ0n) is 6.15. The molecule has 0 aromatic heterocycles. The third kappa shape index (κ3) is 1.47. The van der Waals surface area contributed by atoms with Gasteiger partial charge in [0, 0.05) is 6.54 Å². The Bertz CT molecular complexity index is 118. The fourth-order valence-corrected chi connectivity index (χ4v) is 1.57. The van der Waals surface area contributed by atoms with E-state index in [2.05, 4.69) is 0 Å². The Hall–Kier alpha value is -0.150. The molecule has 3 heteroatoms. The molecule has 0 bridgehead atoms. The minimum absolute atomic E-state index is 0.156. The Kier molecular flexibility index (Phi) is 2.26. The fourth-order valence-electron chi connectivity index (χ4n) is 1.57. The van der Waals surface area contributed by atoms with Crippen LogP contribution in [0.5, 0.6) is 0 Å². The molecule has 60 valence electrons. The maximum atomic E-state index is 13.3. The second-order valence-corrected chi connectivity index (χ2v) is 3.20. The van der Waals surface area contributed by atoms with Crippen molar-refractivity contribution in [3.63, 3.8) is 0 Å². The molecule has 1 aliphatic carbocycles. The van der Waals surface area contributed by atoms with E-state index in [0.717, 1.165) is 6.42 Å². The molecule has 0 radical (unpaired) electrons. The van der Waals surface area contributed by atoms with Gasteiger partial charge in [0.15, 0.2) is 0 Å². The minimum Gasteiger partial charge on any atom is -0.330 e. The summed E-state index contributed by atoms with van der Waals surface area (Å²) in [4.78, 5) is 0. The van der Waals surface area contributed by atoms with Gasteiger partial charge in [-0.3, -0.25) is 0 Å². The van der Waals surface area contributed by atoms with Gasteiger partial charge in [-0.25, -0.2) is 4.39 Å². The lowest BCUT2D eigenvalue weighted by Gasteiger charge is -2.15. The molecule has 0 aromatic carbocycles. The average Bonchev–Trinajstić information content (AvgIpc) is 2.33.